The lowest BCUT2D eigenvalue weighted by Crippen LogP contribution is -2.26. The summed E-state index contributed by atoms with van der Waals surface area (Å²) >= 11 is 0. The first-order valence-electron chi connectivity index (χ1n) is 11.3. The molecule has 0 radical (unpaired) electrons. The highest BCUT2D eigenvalue weighted by molar-refractivity contribution is 6.14. The van der Waals surface area contributed by atoms with E-state index in [1.165, 1.54) is 6.33 Å². The van der Waals surface area contributed by atoms with Crippen LogP contribution in [-0.2, 0) is 16.1 Å². The molecule has 3 aromatic carbocycles. The lowest BCUT2D eigenvalue weighted by molar-refractivity contribution is -0.143. The van der Waals surface area contributed by atoms with Crippen molar-refractivity contribution in [3.05, 3.63) is 101 Å². The first kappa shape index (κ1) is 21.5. The number of esters is 1. The largest absolute Gasteiger partial charge is 0.456 e. The number of para-hydroxylation sites is 2. The maximum absolute atomic E-state index is 13.2. The van der Waals surface area contributed by atoms with Gasteiger partial charge in [-0.15, -0.1) is 0 Å². The molecule has 6 aromatic rings. The Bertz CT molecular complexity index is 1830. The fraction of sp³-hybridized carbons (Fsp3) is 0.0714. The molecular weight excluding hydrogens is 458 g/mol. The number of fused-ring (bicyclic) bond motifs is 4. The summed E-state index contributed by atoms with van der Waals surface area (Å²) in [6.45, 7) is -0.860. The van der Waals surface area contributed by atoms with Crippen molar-refractivity contribution in [3.63, 3.8) is 0 Å². The van der Waals surface area contributed by atoms with Crippen LogP contribution in [0.4, 0.5) is 0 Å². The van der Waals surface area contributed by atoms with Gasteiger partial charge in [0.1, 0.15) is 17.6 Å². The average molecular weight is 477 g/mol. The van der Waals surface area contributed by atoms with Gasteiger partial charge >= 0.3 is 5.97 Å². The van der Waals surface area contributed by atoms with Crippen LogP contribution in [0.2, 0.25) is 0 Å². The van der Waals surface area contributed by atoms with Crippen molar-refractivity contribution in [2.24, 2.45) is 0 Å². The van der Waals surface area contributed by atoms with Crippen LogP contribution in [0.15, 0.2) is 94.4 Å². The number of nitrogens with zero attached hydrogens (tertiary/aromatic N) is 2. The van der Waals surface area contributed by atoms with Crippen LogP contribution >= 0.6 is 0 Å². The number of carbonyl (C=O) groups excluding carboxylic acids is 2. The predicted octanol–water partition coefficient (Wildman–Crippen LogP) is 4.72. The molecule has 0 unspecified atom stereocenters. The third-order valence-corrected chi connectivity index (χ3v) is 6.06. The summed E-state index contributed by atoms with van der Waals surface area (Å²) in [7, 11) is 0. The van der Waals surface area contributed by atoms with Crippen LogP contribution in [-0.4, -0.2) is 32.9 Å². The molecule has 8 nitrogen and oxygen atoms in total. The molecule has 0 amide bonds. The molecule has 0 fully saturated rings. The van der Waals surface area contributed by atoms with E-state index in [-0.39, 0.29) is 11.4 Å². The summed E-state index contributed by atoms with van der Waals surface area (Å²) in [5.74, 6) is -1.08. The number of nitrogens with one attached hydrogen (secondary N) is 1. The van der Waals surface area contributed by atoms with Crippen molar-refractivity contribution >= 4 is 44.7 Å². The molecule has 3 aromatic heterocycles. The molecular formula is C28H19N3O5. The minimum Gasteiger partial charge on any atom is -0.456 e. The van der Waals surface area contributed by atoms with E-state index in [9.17, 15) is 14.4 Å². The molecule has 0 atom stereocenters. The molecule has 0 aliphatic rings. The monoisotopic (exact) mass is 477 g/mol. The highest BCUT2D eigenvalue weighted by Gasteiger charge is 2.21. The Morgan fingerprint density at radius 1 is 0.917 bits per heavy atom. The first-order chi connectivity index (χ1) is 17.6. The van der Waals surface area contributed by atoms with Crippen LogP contribution in [0.5, 0.6) is 0 Å². The quantitative estimate of drug-likeness (QED) is 0.275. The number of carbonyl (C=O) groups is 2. The van der Waals surface area contributed by atoms with Gasteiger partial charge in [-0.3, -0.25) is 19.0 Å². The Hall–Kier alpha value is -4.98. The molecule has 1 N–H and O–H groups in total. The number of aromatic amines is 1. The SMILES string of the molecule is O=C(Cn1cnc2c(oc3ccccc32)c1=O)OCC(=O)c1c(-c2ccccc2)[nH]c2ccccc12. The summed E-state index contributed by atoms with van der Waals surface area (Å²) in [5.41, 5.74) is 3.30. The second kappa shape index (κ2) is 8.66. The minimum absolute atomic E-state index is 0.0638. The van der Waals surface area contributed by atoms with Crippen molar-refractivity contribution in [3.8, 4) is 11.3 Å². The second-order valence-electron chi connectivity index (χ2n) is 8.32. The molecule has 6 rings (SSSR count). The van der Waals surface area contributed by atoms with Crippen LogP contribution in [0, 0.1) is 0 Å². The van der Waals surface area contributed by atoms with E-state index >= 15 is 0 Å². The van der Waals surface area contributed by atoms with Gasteiger partial charge in [0.05, 0.1) is 17.6 Å². The van der Waals surface area contributed by atoms with Gasteiger partial charge in [0.25, 0.3) is 5.56 Å². The molecule has 176 valence electrons. The maximum Gasteiger partial charge on any atom is 0.326 e. The summed E-state index contributed by atoms with van der Waals surface area (Å²) in [6, 6.07) is 24.1. The van der Waals surface area contributed by atoms with Gasteiger partial charge in [0.15, 0.2) is 6.61 Å². The first-order valence-corrected chi connectivity index (χ1v) is 11.3. The number of ketones is 1. The van der Waals surface area contributed by atoms with E-state index in [1.807, 2.05) is 66.7 Å². The average Bonchev–Trinajstić information content (AvgIpc) is 3.49. The second-order valence-corrected chi connectivity index (χ2v) is 8.32. The van der Waals surface area contributed by atoms with Gasteiger partial charge in [0, 0.05) is 16.3 Å². The molecule has 0 saturated carbocycles. The number of hydrogen-bond acceptors (Lipinski definition) is 6. The zero-order chi connectivity index (χ0) is 24.6. The van der Waals surface area contributed by atoms with Crippen molar-refractivity contribution in [1.29, 1.82) is 0 Å². The minimum atomic E-state index is -0.733. The van der Waals surface area contributed by atoms with E-state index in [1.54, 1.807) is 12.1 Å². The fourth-order valence-corrected chi connectivity index (χ4v) is 4.38. The van der Waals surface area contributed by atoms with Crippen LogP contribution in [0.25, 0.3) is 44.2 Å². The molecule has 0 aliphatic carbocycles. The number of hydrogen-bond donors (Lipinski definition) is 1. The van der Waals surface area contributed by atoms with E-state index in [0.29, 0.717) is 22.4 Å². The van der Waals surface area contributed by atoms with E-state index in [4.69, 9.17) is 9.15 Å². The van der Waals surface area contributed by atoms with Gasteiger partial charge in [-0.1, -0.05) is 60.7 Å². The molecule has 3 heterocycles. The van der Waals surface area contributed by atoms with Crippen molar-refractivity contribution in [2.75, 3.05) is 6.61 Å². The van der Waals surface area contributed by atoms with E-state index in [2.05, 4.69) is 9.97 Å². The Morgan fingerprint density at radius 2 is 1.64 bits per heavy atom. The molecule has 0 aliphatic heterocycles. The zero-order valence-electron chi connectivity index (χ0n) is 18.9. The zero-order valence-corrected chi connectivity index (χ0v) is 18.9. The fourth-order valence-electron chi connectivity index (χ4n) is 4.38. The van der Waals surface area contributed by atoms with Crippen LogP contribution in [0.1, 0.15) is 10.4 Å². The Kier molecular flexibility index (Phi) is 5.19. The number of benzene rings is 3. The van der Waals surface area contributed by atoms with Gasteiger partial charge in [-0.05, 0) is 23.8 Å². The van der Waals surface area contributed by atoms with E-state index in [0.717, 1.165) is 26.4 Å². The maximum atomic E-state index is 13.2. The Balaban J connectivity index is 1.24. The Morgan fingerprint density at radius 3 is 2.47 bits per heavy atom. The number of aromatic nitrogens is 3. The lowest BCUT2D eigenvalue weighted by Gasteiger charge is -2.08. The molecule has 8 heteroatoms. The number of furan rings is 1. The normalized spacial score (nSPS) is 11.3. The van der Waals surface area contributed by atoms with Gasteiger partial charge in [-0.25, -0.2) is 4.98 Å². The number of Topliss-reactive ketones (excluding diaryl/α,β-unsaturated/α-hetero) is 1. The van der Waals surface area contributed by atoms with Crippen molar-refractivity contribution in [1.82, 2.24) is 14.5 Å². The van der Waals surface area contributed by atoms with Crippen molar-refractivity contribution in [2.45, 2.75) is 6.54 Å². The third-order valence-electron chi connectivity index (χ3n) is 6.06. The highest BCUT2D eigenvalue weighted by atomic mass is 16.5. The number of rotatable bonds is 6. The molecule has 36 heavy (non-hydrogen) atoms. The smallest absolute Gasteiger partial charge is 0.326 e. The summed E-state index contributed by atoms with van der Waals surface area (Å²) in [5, 5.41) is 1.46. The summed E-state index contributed by atoms with van der Waals surface area (Å²) in [6.07, 6.45) is 1.28. The van der Waals surface area contributed by atoms with Gasteiger partial charge in [0.2, 0.25) is 11.4 Å². The van der Waals surface area contributed by atoms with E-state index < -0.39 is 24.7 Å². The topological polar surface area (TPSA) is 107 Å². The Labute approximate surface area is 203 Å². The number of H-pyrrole nitrogens is 1. The molecule has 0 bridgehead atoms. The van der Waals surface area contributed by atoms with Crippen molar-refractivity contribution < 1.29 is 18.7 Å². The predicted molar refractivity (Wildman–Crippen MR) is 135 cm³/mol. The summed E-state index contributed by atoms with van der Waals surface area (Å²) < 4.78 is 12.0. The van der Waals surface area contributed by atoms with Gasteiger partial charge in [-0.2, -0.15) is 0 Å². The highest BCUT2D eigenvalue weighted by Crippen LogP contribution is 2.30. The van der Waals surface area contributed by atoms with Crippen LogP contribution < -0.4 is 5.56 Å². The third kappa shape index (κ3) is 3.65. The standard InChI is InChI=1S/C28H19N3O5/c32-21(24-18-10-4-6-12-20(18)30-25(24)17-8-2-1-3-9-17)15-35-23(33)14-31-16-29-26-19-11-5-7-13-22(19)36-27(26)28(31)34/h1-13,16,30H,14-15H2. The summed E-state index contributed by atoms with van der Waals surface area (Å²) in [4.78, 5) is 46.2. The lowest BCUT2D eigenvalue weighted by atomic mass is 10.0. The molecule has 0 saturated heterocycles. The number of ether oxygens (including phenoxy) is 1. The van der Waals surface area contributed by atoms with Gasteiger partial charge < -0.3 is 14.1 Å². The van der Waals surface area contributed by atoms with Crippen LogP contribution in [0.3, 0.4) is 0 Å². The molecule has 0 spiro atoms.